The van der Waals surface area contributed by atoms with Crippen molar-refractivity contribution in [1.29, 1.82) is 0 Å². The molecule has 2 aromatic rings. The fraction of sp³-hybridized carbons (Fsp3) is 0.409. The van der Waals surface area contributed by atoms with Gasteiger partial charge in [0, 0.05) is 36.6 Å². The van der Waals surface area contributed by atoms with Crippen molar-refractivity contribution in [2.75, 3.05) is 26.7 Å². The highest BCUT2D eigenvalue weighted by Gasteiger charge is 2.19. The summed E-state index contributed by atoms with van der Waals surface area (Å²) in [4.78, 5) is 13.6. The molecule has 2 aromatic carbocycles. The molecule has 1 amide bonds. The average Bonchev–Trinajstić information content (AvgIpc) is 3.12. The predicted molar refractivity (Wildman–Crippen MR) is 111 cm³/mol. The Bertz CT molecular complexity index is 780. The first-order chi connectivity index (χ1) is 13.7. The molecule has 0 bridgehead atoms. The van der Waals surface area contributed by atoms with E-state index in [1.807, 2.05) is 47.4 Å². The molecule has 5 nitrogen and oxygen atoms in total. The molecule has 0 aromatic heterocycles. The van der Waals surface area contributed by atoms with Crippen LogP contribution in [0.25, 0.3) is 0 Å². The van der Waals surface area contributed by atoms with E-state index in [0.717, 1.165) is 55.1 Å². The number of benzene rings is 2. The van der Waals surface area contributed by atoms with Gasteiger partial charge in [0.2, 0.25) is 5.91 Å². The molecule has 1 aliphatic rings. The Balaban J connectivity index is 1.53. The number of likely N-dealkylation sites (tertiary alicyclic amines) is 1. The summed E-state index contributed by atoms with van der Waals surface area (Å²) in [5.74, 6) is 1.75. The van der Waals surface area contributed by atoms with Crippen LogP contribution in [0.5, 0.6) is 11.5 Å². The van der Waals surface area contributed by atoms with E-state index in [2.05, 4.69) is 5.32 Å². The Morgan fingerprint density at radius 1 is 1.18 bits per heavy atom. The molecule has 1 heterocycles. The van der Waals surface area contributed by atoms with E-state index in [-0.39, 0.29) is 5.91 Å². The van der Waals surface area contributed by atoms with Crippen molar-refractivity contribution in [2.24, 2.45) is 0 Å². The summed E-state index contributed by atoms with van der Waals surface area (Å²) in [5, 5.41) is 4.16. The first kappa shape index (κ1) is 20.5. The van der Waals surface area contributed by atoms with Crippen LogP contribution < -0.4 is 14.8 Å². The Morgan fingerprint density at radius 3 is 2.71 bits per heavy atom. The molecule has 1 aliphatic heterocycles. The number of ether oxygens (including phenoxy) is 2. The van der Waals surface area contributed by atoms with Crippen LogP contribution in [0.2, 0.25) is 5.02 Å². The van der Waals surface area contributed by atoms with E-state index in [9.17, 15) is 4.79 Å². The van der Waals surface area contributed by atoms with E-state index in [4.69, 9.17) is 21.1 Å². The second kappa shape index (κ2) is 10.3. The van der Waals surface area contributed by atoms with Gasteiger partial charge in [0.25, 0.3) is 0 Å². The molecular weight excluding hydrogens is 376 g/mol. The maximum atomic E-state index is 11.6. The van der Waals surface area contributed by atoms with Gasteiger partial charge < -0.3 is 19.7 Å². The van der Waals surface area contributed by atoms with Crippen molar-refractivity contribution >= 4 is 17.5 Å². The lowest BCUT2D eigenvalue weighted by Gasteiger charge is -2.17. The molecular formula is C22H27ClN2O3. The highest BCUT2D eigenvalue weighted by molar-refractivity contribution is 6.30. The smallest absolute Gasteiger partial charge is 0.222 e. The quantitative estimate of drug-likeness (QED) is 0.609. The van der Waals surface area contributed by atoms with Crippen LogP contribution >= 0.6 is 11.6 Å². The van der Waals surface area contributed by atoms with Gasteiger partial charge in [0.1, 0.15) is 6.61 Å². The zero-order valence-corrected chi connectivity index (χ0v) is 17.0. The highest BCUT2D eigenvalue weighted by atomic mass is 35.5. The topological polar surface area (TPSA) is 50.8 Å². The van der Waals surface area contributed by atoms with E-state index < -0.39 is 0 Å². The number of nitrogens with zero attached hydrogens (tertiary/aromatic N) is 1. The number of methoxy groups -OCH3 is 1. The Hall–Kier alpha value is -2.24. The van der Waals surface area contributed by atoms with Gasteiger partial charge in [0.15, 0.2) is 11.5 Å². The van der Waals surface area contributed by atoms with Crippen LogP contribution in [0, 0.1) is 0 Å². The standard InChI is InChI=1S/C22H27ClN2O3/c1-27-20-6-2-5-18(15-24-12-4-14-25-13-3-7-21(25)26)22(20)28-16-17-8-10-19(23)11-9-17/h2,5-6,8-11,24H,3-4,7,12-16H2,1H3. The lowest BCUT2D eigenvalue weighted by Crippen LogP contribution is -2.28. The maximum absolute atomic E-state index is 11.6. The third-order valence-electron chi connectivity index (χ3n) is 4.85. The lowest BCUT2D eigenvalue weighted by molar-refractivity contribution is -0.127. The van der Waals surface area contributed by atoms with Crippen LogP contribution in [0.1, 0.15) is 30.4 Å². The molecule has 0 unspecified atom stereocenters. The highest BCUT2D eigenvalue weighted by Crippen LogP contribution is 2.32. The Labute approximate surface area is 171 Å². The molecule has 0 aliphatic carbocycles. The molecule has 3 rings (SSSR count). The molecule has 0 saturated carbocycles. The van der Waals surface area contributed by atoms with Crippen molar-refractivity contribution < 1.29 is 14.3 Å². The minimum Gasteiger partial charge on any atom is -0.493 e. The minimum atomic E-state index is 0.283. The van der Waals surface area contributed by atoms with E-state index in [1.54, 1.807) is 7.11 Å². The number of para-hydroxylation sites is 1. The van der Waals surface area contributed by atoms with Crippen LogP contribution in [0.4, 0.5) is 0 Å². The largest absolute Gasteiger partial charge is 0.493 e. The lowest BCUT2D eigenvalue weighted by atomic mass is 10.1. The van der Waals surface area contributed by atoms with Gasteiger partial charge in [-0.1, -0.05) is 35.9 Å². The molecule has 0 atom stereocenters. The third-order valence-corrected chi connectivity index (χ3v) is 5.10. The number of nitrogens with one attached hydrogen (secondary N) is 1. The summed E-state index contributed by atoms with van der Waals surface area (Å²) in [6, 6.07) is 13.5. The second-order valence-corrected chi connectivity index (χ2v) is 7.31. The SMILES string of the molecule is COc1cccc(CNCCCN2CCCC2=O)c1OCc1ccc(Cl)cc1. The van der Waals surface area contributed by atoms with Gasteiger partial charge in [0.05, 0.1) is 7.11 Å². The summed E-state index contributed by atoms with van der Waals surface area (Å²) in [6.45, 7) is 3.70. The van der Waals surface area contributed by atoms with Crippen LogP contribution in [-0.4, -0.2) is 37.6 Å². The number of amides is 1. The van der Waals surface area contributed by atoms with Crippen molar-refractivity contribution in [3.63, 3.8) is 0 Å². The maximum Gasteiger partial charge on any atom is 0.222 e. The summed E-state index contributed by atoms with van der Waals surface area (Å²) >= 11 is 5.94. The van der Waals surface area contributed by atoms with E-state index in [0.29, 0.717) is 24.6 Å². The minimum absolute atomic E-state index is 0.283. The number of hydrogen-bond donors (Lipinski definition) is 1. The summed E-state index contributed by atoms with van der Waals surface area (Å²) < 4.78 is 11.6. The first-order valence-electron chi connectivity index (χ1n) is 9.69. The van der Waals surface area contributed by atoms with E-state index >= 15 is 0 Å². The fourth-order valence-electron chi connectivity index (χ4n) is 3.32. The summed E-state index contributed by atoms with van der Waals surface area (Å²) in [7, 11) is 1.65. The first-order valence-corrected chi connectivity index (χ1v) is 10.1. The molecule has 28 heavy (non-hydrogen) atoms. The van der Waals surface area contributed by atoms with Crippen molar-refractivity contribution in [3.05, 3.63) is 58.6 Å². The van der Waals surface area contributed by atoms with Crippen molar-refractivity contribution in [2.45, 2.75) is 32.4 Å². The molecule has 150 valence electrons. The monoisotopic (exact) mass is 402 g/mol. The molecule has 6 heteroatoms. The number of carbonyl (C=O) groups excluding carboxylic acids is 1. The molecule has 1 saturated heterocycles. The van der Waals surface area contributed by atoms with Gasteiger partial charge in [-0.2, -0.15) is 0 Å². The van der Waals surface area contributed by atoms with E-state index in [1.165, 1.54) is 0 Å². The normalized spacial score (nSPS) is 13.8. The second-order valence-electron chi connectivity index (χ2n) is 6.88. The molecule has 1 fully saturated rings. The Morgan fingerprint density at radius 2 is 2.00 bits per heavy atom. The number of rotatable bonds is 10. The van der Waals surface area contributed by atoms with Gasteiger partial charge in [-0.25, -0.2) is 0 Å². The van der Waals surface area contributed by atoms with Gasteiger partial charge in [-0.3, -0.25) is 4.79 Å². The number of halogens is 1. The zero-order chi connectivity index (χ0) is 19.8. The summed E-state index contributed by atoms with van der Waals surface area (Å²) in [6.07, 6.45) is 2.63. The zero-order valence-electron chi connectivity index (χ0n) is 16.2. The predicted octanol–water partition coefficient (Wildman–Crippen LogP) is 4.03. The number of hydrogen-bond acceptors (Lipinski definition) is 4. The van der Waals surface area contributed by atoms with Gasteiger partial charge >= 0.3 is 0 Å². The number of carbonyl (C=O) groups is 1. The fourth-order valence-corrected chi connectivity index (χ4v) is 3.45. The summed E-state index contributed by atoms with van der Waals surface area (Å²) in [5.41, 5.74) is 2.09. The van der Waals surface area contributed by atoms with Gasteiger partial charge in [-0.05, 0) is 43.1 Å². The van der Waals surface area contributed by atoms with Crippen LogP contribution in [-0.2, 0) is 17.9 Å². The van der Waals surface area contributed by atoms with Crippen LogP contribution in [0.15, 0.2) is 42.5 Å². The average molecular weight is 403 g/mol. The third kappa shape index (κ3) is 5.63. The molecule has 0 spiro atoms. The van der Waals surface area contributed by atoms with Gasteiger partial charge in [-0.15, -0.1) is 0 Å². The molecule has 1 N–H and O–H groups in total. The van der Waals surface area contributed by atoms with Crippen molar-refractivity contribution in [3.8, 4) is 11.5 Å². The van der Waals surface area contributed by atoms with Crippen molar-refractivity contribution in [1.82, 2.24) is 10.2 Å². The molecule has 0 radical (unpaired) electrons. The Kier molecular flexibility index (Phi) is 7.57. The van der Waals surface area contributed by atoms with Crippen LogP contribution in [0.3, 0.4) is 0 Å².